The van der Waals surface area contributed by atoms with Gasteiger partial charge in [-0.05, 0) is 51.1 Å². The van der Waals surface area contributed by atoms with Crippen molar-refractivity contribution in [3.05, 3.63) is 59.7 Å². The summed E-state index contributed by atoms with van der Waals surface area (Å²) >= 11 is 0. The minimum Gasteiger partial charge on any atom is -0.372 e. The molecule has 1 fully saturated rings. The van der Waals surface area contributed by atoms with Crippen molar-refractivity contribution in [2.75, 3.05) is 17.8 Å². The normalized spacial score (nSPS) is 20.3. The lowest BCUT2D eigenvalue weighted by Crippen LogP contribution is -2.48. The average Bonchev–Trinajstić information content (AvgIpc) is 2.62. The van der Waals surface area contributed by atoms with Gasteiger partial charge in [0.15, 0.2) is 0 Å². The quantitative estimate of drug-likeness (QED) is 0.873. The number of carbonyl (C=O) groups excluding carboxylic acids is 1. The molecule has 0 radical (unpaired) electrons. The summed E-state index contributed by atoms with van der Waals surface area (Å²) in [6.45, 7) is 6.74. The molecule has 2 unspecified atom stereocenters. The Morgan fingerprint density at radius 1 is 1.07 bits per heavy atom. The van der Waals surface area contributed by atoms with Gasteiger partial charge in [0.2, 0.25) is 0 Å². The zero-order valence-electron chi connectivity index (χ0n) is 15.7. The van der Waals surface area contributed by atoms with Crippen LogP contribution in [0.4, 0.5) is 5.69 Å². The summed E-state index contributed by atoms with van der Waals surface area (Å²) in [4.78, 5) is 14.6. The van der Waals surface area contributed by atoms with Gasteiger partial charge in [-0.2, -0.15) is 0 Å². The number of rotatable bonds is 4. The van der Waals surface area contributed by atoms with Gasteiger partial charge < -0.3 is 9.64 Å². The predicted molar refractivity (Wildman–Crippen MR) is 104 cm³/mol. The van der Waals surface area contributed by atoms with Crippen LogP contribution in [0.2, 0.25) is 0 Å². The van der Waals surface area contributed by atoms with Gasteiger partial charge in [-0.15, -0.1) is 0 Å². The fraction of sp³-hybridized carbons (Fsp3) is 0.350. The fourth-order valence-electron chi connectivity index (χ4n) is 3.16. The van der Waals surface area contributed by atoms with Crippen LogP contribution in [0.1, 0.15) is 29.8 Å². The monoisotopic (exact) mass is 388 g/mol. The largest absolute Gasteiger partial charge is 0.372 e. The van der Waals surface area contributed by atoms with Crippen molar-refractivity contribution in [1.29, 1.82) is 0 Å². The van der Waals surface area contributed by atoms with Crippen LogP contribution in [0.5, 0.6) is 0 Å². The summed E-state index contributed by atoms with van der Waals surface area (Å²) in [5.74, 6) is -0.190. The summed E-state index contributed by atoms with van der Waals surface area (Å²) in [7, 11) is -3.78. The number of nitrogens with zero attached hydrogens (tertiary/aromatic N) is 1. The van der Waals surface area contributed by atoms with E-state index in [1.54, 1.807) is 29.2 Å². The molecule has 1 aliphatic heterocycles. The molecule has 0 spiro atoms. The number of morpholine rings is 1. The molecular weight excluding hydrogens is 364 g/mol. The van der Waals surface area contributed by atoms with Gasteiger partial charge in [-0.3, -0.25) is 9.52 Å². The first-order valence-electron chi connectivity index (χ1n) is 8.89. The van der Waals surface area contributed by atoms with Crippen LogP contribution in [-0.4, -0.2) is 44.5 Å². The SMILES string of the molecule is Cc1ccc(NS(=O)(=O)c2cccc(C(=O)N3CC(C)OC(C)C3)c2)cc1. The van der Waals surface area contributed by atoms with Crippen molar-refractivity contribution < 1.29 is 17.9 Å². The van der Waals surface area contributed by atoms with Crippen LogP contribution in [0, 0.1) is 6.92 Å². The average molecular weight is 388 g/mol. The molecule has 1 aliphatic rings. The van der Waals surface area contributed by atoms with Gasteiger partial charge in [-0.1, -0.05) is 23.8 Å². The van der Waals surface area contributed by atoms with E-state index in [1.807, 2.05) is 32.9 Å². The van der Waals surface area contributed by atoms with E-state index in [9.17, 15) is 13.2 Å². The molecule has 1 heterocycles. The van der Waals surface area contributed by atoms with Crippen molar-refractivity contribution in [2.24, 2.45) is 0 Å². The first-order valence-corrected chi connectivity index (χ1v) is 10.4. The van der Waals surface area contributed by atoms with E-state index < -0.39 is 10.0 Å². The standard InChI is InChI=1S/C20H24N2O4S/c1-14-7-9-18(10-8-14)21-27(24,25)19-6-4-5-17(11-19)20(23)22-12-15(2)26-16(3)13-22/h4-11,15-16,21H,12-13H2,1-3H3. The number of anilines is 1. The zero-order valence-corrected chi connectivity index (χ0v) is 16.5. The molecule has 7 heteroatoms. The molecule has 1 N–H and O–H groups in total. The fourth-order valence-corrected chi connectivity index (χ4v) is 4.26. The third-order valence-corrected chi connectivity index (χ3v) is 5.78. The number of nitrogens with one attached hydrogen (secondary N) is 1. The topological polar surface area (TPSA) is 75.7 Å². The van der Waals surface area contributed by atoms with Gasteiger partial charge in [0, 0.05) is 24.3 Å². The van der Waals surface area contributed by atoms with E-state index in [1.165, 1.54) is 12.1 Å². The molecule has 27 heavy (non-hydrogen) atoms. The van der Waals surface area contributed by atoms with Crippen molar-refractivity contribution in [3.63, 3.8) is 0 Å². The third-order valence-electron chi connectivity index (χ3n) is 4.40. The van der Waals surface area contributed by atoms with Crippen molar-refractivity contribution in [1.82, 2.24) is 4.90 Å². The van der Waals surface area contributed by atoms with E-state index >= 15 is 0 Å². The smallest absolute Gasteiger partial charge is 0.261 e. The highest BCUT2D eigenvalue weighted by Crippen LogP contribution is 2.20. The van der Waals surface area contributed by atoms with Crippen LogP contribution in [0.15, 0.2) is 53.4 Å². The van der Waals surface area contributed by atoms with Gasteiger partial charge >= 0.3 is 0 Å². The van der Waals surface area contributed by atoms with E-state index in [-0.39, 0.29) is 23.0 Å². The van der Waals surface area contributed by atoms with Crippen molar-refractivity contribution in [3.8, 4) is 0 Å². The van der Waals surface area contributed by atoms with Crippen LogP contribution < -0.4 is 4.72 Å². The number of aryl methyl sites for hydroxylation is 1. The van der Waals surface area contributed by atoms with Crippen LogP contribution in [-0.2, 0) is 14.8 Å². The molecule has 2 atom stereocenters. The molecule has 0 aliphatic carbocycles. The molecular formula is C20H24N2O4S. The zero-order chi connectivity index (χ0) is 19.6. The summed E-state index contributed by atoms with van der Waals surface area (Å²) in [6, 6.07) is 13.2. The molecule has 2 aromatic rings. The number of sulfonamides is 1. The van der Waals surface area contributed by atoms with E-state index in [0.717, 1.165) is 5.56 Å². The number of amides is 1. The summed E-state index contributed by atoms with van der Waals surface area (Å²) in [6.07, 6.45) is -0.0966. The van der Waals surface area contributed by atoms with Gasteiger partial charge in [0.25, 0.3) is 15.9 Å². The lowest BCUT2D eigenvalue weighted by atomic mass is 10.1. The number of benzene rings is 2. The van der Waals surface area contributed by atoms with Crippen molar-refractivity contribution >= 4 is 21.6 Å². The lowest BCUT2D eigenvalue weighted by Gasteiger charge is -2.35. The summed E-state index contributed by atoms with van der Waals surface area (Å²) in [5, 5.41) is 0. The van der Waals surface area contributed by atoms with Gasteiger partial charge in [0.1, 0.15) is 0 Å². The van der Waals surface area contributed by atoms with E-state index in [4.69, 9.17) is 4.74 Å². The number of carbonyl (C=O) groups is 1. The highest BCUT2D eigenvalue weighted by atomic mass is 32.2. The third kappa shape index (κ3) is 4.67. The Hall–Kier alpha value is -2.38. The highest BCUT2D eigenvalue weighted by molar-refractivity contribution is 7.92. The summed E-state index contributed by atoms with van der Waals surface area (Å²) < 4.78 is 33.6. The molecule has 2 aromatic carbocycles. The van der Waals surface area contributed by atoms with Gasteiger partial charge in [-0.25, -0.2) is 8.42 Å². The van der Waals surface area contributed by atoms with E-state index in [0.29, 0.717) is 24.3 Å². The molecule has 0 aromatic heterocycles. The van der Waals surface area contributed by atoms with Crippen molar-refractivity contribution in [2.45, 2.75) is 37.9 Å². The molecule has 0 saturated carbocycles. The first-order chi connectivity index (χ1) is 12.7. The summed E-state index contributed by atoms with van der Waals surface area (Å²) in [5.41, 5.74) is 1.87. The maximum atomic E-state index is 12.8. The second-order valence-corrected chi connectivity index (χ2v) is 8.65. The number of hydrogen-bond acceptors (Lipinski definition) is 4. The Bertz CT molecular complexity index is 915. The number of hydrogen-bond donors (Lipinski definition) is 1. The Morgan fingerprint density at radius 3 is 2.33 bits per heavy atom. The molecule has 6 nitrogen and oxygen atoms in total. The van der Waals surface area contributed by atoms with Crippen LogP contribution in [0.3, 0.4) is 0 Å². The van der Waals surface area contributed by atoms with Crippen LogP contribution >= 0.6 is 0 Å². The Balaban J connectivity index is 1.82. The maximum Gasteiger partial charge on any atom is 0.261 e. The first kappa shape index (κ1) is 19.4. The molecule has 1 amide bonds. The highest BCUT2D eigenvalue weighted by Gasteiger charge is 2.27. The molecule has 1 saturated heterocycles. The molecule has 3 rings (SSSR count). The predicted octanol–water partition coefficient (Wildman–Crippen LogP) is 3.05. The molecule has 0 bridgehead atoms. The second-order valence-electron chi connectivity index (χ2n) is 6.97. The Kier molecular flexibility index (Phi) is 5.53. The minimum atomic E-state index is -3.78. The minimum absolute atomic E-state index is 0.0483. The second kappa shape index (κ2) is 7.70. The number of ether oxygens (including phenoxy) is 1. The Morgan fingerprint density at radius 2 is 1.70 bits per heavy atom. The Labute approximate surface area is 160 Å². The lowest BCUT2D eigenvalue weighted by molar-refractivity contribution is -0.0586. The maximum absolute atomic E-state index is 12.8. The van der Waals surface area contributed by atoms with Gasteiger partial charge in [0.05, 0.1) is 17.1 Å². The van der Waals surface area contributed by atoms with E-state index in [2.05, 4.69) is 4.72 Å². The molecule has 144 valence electrons. The van der Waals surface area contributed by atoms with Crippen LogP contribution in [0.25, 0.3) is 0 Å².